The average molecular weight is 172 g/mol. The first kappa shape index (κ1) is 7.47. The van der Waals surface area contributed by atoms with E-state index in [1.807, 2.05) is 18.2 Å². The van der Waals surface area contributed by atoms with Crippen molar-refractivity contribution in [1.29, 1.82) is 0 Å². The summed E-state index contributed by atoms with van der Waals surface area (Å²) in [6.45, 7) is 0. The molecule has 0 fully saturated rings. The highest BCUT2D eigenvalue weighted by atomic mass is 27.0. The molecule has 56 valence electrons. The number of aromatic amines is 1. The monoisotopic (exact) mass is 172 g/mol. The van der Waals surface area contributed by atoms with Crippen molar-refractivity contribution in [2.75, 3.05) is 0 Å². The molecular formula is C7H5AlN4. The summed E-state index contributed by atoms with van der Waals surface area (Å²) in [4.78, 5) is 8.22. The molecule has 0 saturated carbocycles. The van der Waals surface area contributed by atoms with E-state index in [2.05, 4.69) is 36.5 Å². The summed E-state index contributed by atoms with van der Waals surface area (Å²) in [6, 6.07) is 5.63. The maximum absolute atomic E-state index is 4.11. The van der Waals surface area contributed by atoms with Crippen LogP contribution < -0.4 is 4.69 Å². The van der Waals surface area contributed by atoms with Crippen molar-refractivity contribution in [3.05, 3.63) is 24.4 Å². The van der Waals surface area contributed by atoms with Gasteiger partial charge in [0.15, 0.2) is 5.82 Å². The van der Waals surface area contributed by atoms with E-state index in [0.29, 0.717) is 5.82 Å². The Morgan fingerprint density at radius 2 is 2.25 bits per heavy atom. The highest BCUT2D eigenvalue weighted by molar-refractivity contribution is 6.29. The third kappa shape index (κ3) is 1.37. The van der Waals surface area contributed by atoms with Gasteiger partial charge in [-0.2, -0.15) is 5.10 Å². The molecule has 0 aliphatic carbocycles. The van der Waals surface area contributed by atoms with Crippen LogP contribution in [0, 0.1) is 0 Å². The lowest BCUT2D eigenvalue weighted by Gasteiger charge is -1.90. The summed E-state index contributed by atoms with van der Waals surface area (Å²) in [6.07, 6.45) is 1.72. The quantitative estimate of drug-likeness (QED) is 0.599. The Bertz CT molecular complexity index is 370. The number of nitrogens with zero attached hydrogens (tertiary/aromatic N) is 3. The molecule has 0 unspecified atom stereocenters. The Kier molecular flexibility index (Phi) is 1.90. The molecule has 5 heteroatoms. The zero-order valence-electron chi connectivity index (χ0n) is 6.23. The van der Waals surface area contributed by atoms with E-state index in [1.54, 1.807) is 6.20 Å². The Morgan fingerprint density at radius 1 is 1.33 bits per heavy atom. The minimum Gasteiger partial charge on any atom is -0.283 e. The van der Waals surface area contributed by atoms with Crippen LogP contribution >= 0.6 is 0 Å². The SMILES string of the molecule is [Al][c]1nc(-c2ccccn2)n[nH]1. The van der Waals surface area contributed by atoms with Gasteiger partial charge in [-0.1, -0.05) is 6.07 Å². The molecule has 2 aromatic heterocycles. The van der Waals surface area contributed by atoms with Crippen LogP contribution in [0.15, 0.2) is 24.4 Å². The first-order valence-corrected chi connectivity index (χ1v) is 4.03. The average Bonchev–Trinajstić information content (AvgIpc) is 2.54. The van der Waals surface area contributed by atoms with Crippen LogP contribution in [0.5, 0.6) is 0 Å². The van der Waals surface area contributed by atoms with Gasteiger partial charge in [0.25, 0.3) is 0 Å². The standard InChI is InChI=1S/C7H5N4.Al/c1-2-4-8-6(3-1)7-9-5-10-11-7;/h1-4H,(H,9,10,11);. The van der Waals surface area contributed by atoms with E-state index in [-0.39, 0.29) is 0 Å². The second kappa shape index (κ2) is 3.05. The molecular weight excluding hydrogens is 167 g/mol. The van der Waals surface area contributed by atoms with Crippen LogP contribution in [0.2, 0.25) is 0 Å². The Morgan fingerprint density at radius 3 is 2.83 bits per heavy atom. The predicted molar refractivity (Wildman–Crippen MR) is 45.0 cm³/mol. The zero-order valence-corrected chi connectivity index (χ0v) is 7.38. The fourth-order valence-electron chi connectivity index (χ4n) is 0.884. The summed E-state index contributed by atoms with van der Waals surface area (Å²) in [7, 11) is 0. The summed E-state index contributed by atoms with van der Waals surface area (Å²) < 4.78 is 0.718. The van der Waals surface area contributed by atoms with Crippen molar-refractivity contribution in [2.24, 2.45) is 0 Å². The normalized spacial score (nSPS) is 10.0. The van der Waals surface area contributed by atoms with Crippen LogP contribution in [0.4, 0.5) is 0 Å². The molecule has 1 N–H and O–H groups in total. The number of hydrogen-bond acceptors (Lipinski definition) is 3. The van der Waals surface area contributed by atoms with E-state index in [4.69, 9.17) is 0 Å². The van der Waals surface area contributed by atoms with Crippen molar-refractivity contribution in [2.45, 2.75) is 0 Å². The molecule has 0 aliphatic rings. The summed E-state index contributed by atoms with van der Waals surface area (Å²) in [5.41, 5.74) is 0.780. The smallest absolute Gasteiger partial charge is 0.243 e. The number of aromatic nitrogens is 4. The topological polar surface area (TPSA) is 54.5 Å². The molecule has 2 radical (unpaired) electrons. The van der Waals surface area contributed by atoms with Crippen LogP contribution in [0.1, 0.15) is 0 Å². The number of nitrogens with one attached hydrogen (secondary N) is 1. The van der Waals surface area contributed by atoms with E-state index < -0.39 is 0 Å². The zero-order chi connectivity index (χ0) is 8.39. The molecule has 0 aromatic carbocycles. The first-order valence-electron chi connectivity index (χ1n) is 3.45. The lowest BCUT2D eigenvalue weighted by molar-refractivity contribution is 1.10. The summed E-state index contributed by atoms with van der Waals surface area (Å²) in [5.74, 6) is 0.626. The fraction of sp³-hybridized carbons (Fsp3) is 0. The lowest BCUT2D eigenvalue weighted by Crippen LogP contribution is -2.05. The van der Waals surface area contributed by atoms with Crippen molar-refractivity contribution >= 4 is 21.0 Å². The van der Waals surface area contributed by atoms with E-state index in [0.717, 1.165) is 10.4 Å². The molecule has 0 spiro atoms. The van der Waals surface area contributed by atoms with Gasteiger partial charge >= 0.3 is 0 Å². The second-order valence-corrected chi connectivity index (χ2v) is 2.81. The van der Waals surface area contributed by atoms with Crippen LogP contribution in [-0.2, 0) is 0 Å². The van der Waals surface area contributed by atoms with Gasteiger partial charge in [-0.15, -0.1) is 0 Å². The first-order chi connectivity index (χ1) is 5.86. The van der Waals surface area contributed by atoms with Gasteiger partial charge in [0, 0.05) is 10.9 Å². The van der Waals surface area contributed by atoms with Crippen molar-refractivity contribution < 1.29 is 0 Å². The number of pyridine rings is 1. The summed E-state index contributed by atoms with van der Waals surface area (Å²) in [5, 5.41) is 6.70. The Balaban J connectivity index is 2.45. The van der Waals surface area contributed by atoms with Crippen LogP contribution in [0.25, 0.3) is 11.5 Å². The number of hydrogen-bond donors (Lipinski definition) is 1. The van der Waals surface area contributed by atoms with Gasteiger partial charge in [0.1, 0.15) is 5.69 Å². The maximum Gasteiger partial charge on any atom is 0.243 e. The third-order valence-corrected chi connectivity index (χ3v) is 1.65. The van der Waals surface area contributed by atoms with Crippen molar-refractivity contribution in [3.8, 4) is 11.5 Å². The molecule has 12 heavy (non-hydrogen) atoms. The lowest BCUT2D eigenvalue weighted by atomic mass is 10.3. The molecule has 4 nitrogen and oxygen atoms in total. The molecule has 0 aliphatic heterocycles. The maximum atomic E-state index is 4.11. The molecule has 2 aromatic rings. The van der Waals surface area contributed by atoms with Gasteiger partial charge in [-0.3, -0.25) is 10.1 Å². The number of H-pyrrole nitrogens is 1. The minimum absolute atomic E-state index is 0.626. The largest absolute Gasteiger partial charge is 0.283 e. The second-order valence-electron chi connectivity index (χ2n) is 2.26. The van der Waals surface area contributed by atoms with Gasteiger partial charge in [-0.05, 0) is 12.1 Å². The Labute approximate surface area is 77.5 Å². The highest BCUT2D eigenvalue weighted by Gasteiger charge is 2.01. The minimum atomic E-state index is 0.626. The molecule has 2 heterocycles. The predicted octanol–water partition coefficient (Wildman–Crippen LogP) is -0.340. The summed E-state index contributed by atoms with van der Waals surface area (Å²) >= 11 is 2.44. The highest BCUT2D eigenvalue weighted by Crippen LogP contribution is 2.06. The molecule has 0 bridgehead atoms. The molecule has 0 amide bonds. The third-order valence-electron chi connectivity index (χ3n) is 1.40. The van der Waals surface area contributed by atoms with E-state index in [1.165, 1.54) is 0 Å². The van der Waals surface area contributed by atoms with E-state index >= 15 is 0 Å². The fourth-order valence-corrected chi connectivity index (χ4v) is 1.07. The van der Waals surface area contributed by atoms with Gasteiger partial charge in [-0.25, -0.2) is 4.98 Å². The van der Waals surface area contributed by atoms with Gasteiger partial charge in [0.05, 0.1) is 0 Å². The van der Waals surface area contributed by atoms with E-state index in [9.17, 15) is 0 Å². The molecule has 0 atom stereocenters. The molecule has 2 rings (SSSR count). The van der Waals surface area contributed by atoms with Crippen molar-refractivity contribution in [1.82, 2.24) is 20.2 Å². The van der Waals surface area contributed by atoms with Crippen molar-refractivity contribution in [3.63, 3.8) is 0 Å². The van der Waals surface area contributed by atoms with Crippen LogP contribution in [0.3, 0.4) is 0 Å². The Hall–Kier alpha value is -1.18. The van der Waals surface area contributed by atoms with Gasteiger partial charge < -0.3 is 0 Å². The molecule has 0 saturated heterocycles. The van der Waals surface area contributed by atoms with Crippen LogP contribution in [-0.4, -0.2) is 36.5 Å². The number of rotatable bonds is 1. The van der Waals surface area contributed by atoms with Gasteiger partial charge in [0.2, 0.25) is 16.3 Å².